The van der Waals surface area contributed by atoms with E-state index in [-0.39, 0.29) is 0 Å². The van der Waals surface area contributed by atoms with Crippen molar-refractivity contribution in [1.82, 2.24) is 0 Å². The summed E-state index contributed by atoms with van der Waals surface area (Å²) in [6, 6.07) is 8.45. The Hall–Kier alpha value is -1.30. The third-order valence-corrected chi connectivity index (χ3v) is 1.81. The number of benzene rings is 1. The van der Waals surface area contributed by atoms with Crippen molar-refractivity contribution in [3.63, 3.8) is 0 Å². The van der Waals surface area contributed by atoms with E-state index < -0.39 is 0 Å². The van der Waals surface area contributed by atoms with E-state index in [9.17, 15) is 0 Å². The molecule has 0 spiro atoms. The van der Waals surface area contributed by atoms with Gasteiger partial charge in [-0.3, -0.25) is 0 Å². The monoisotopic (exact) mass is 248 g/mol. The molecule has 0 radical (unpaired) electrons. The van der Waals surface area contributed by atoms with Gasteiger partial charge in [-0.15, -0.1) is 6.58 Å². The summed E-state index contributed by atoms with van der Waals surface area (Å²) in [6.07, 6.45) is 3.89. The van der Waals surface area contributed by atoms with Gasteiger partial charge in [-0.05, 0) is 38.1 Å². The molecule has 0 aliphatic heterocycles. The van der Waals surface area contributed by atoms with Gasteiger partial charge in [-0.2, -0.15) is 0 Å². The lowest BCUT2D eigenvalue weighted by atomic mass is 10.1. The molecule has 0 heteroatoms. The van der Waals surface area contributed by atoms with Crippen LogP contribution in [0, 0.1) is 0 Å². The summed E-state index contributed by atoms with van der Waals surface area (Å²) in [7, 11) is 0. The minimum atomic E-state index is 1.33. The van der Waals surface area contributed by atoms with Gasteiger partial charge in [0.15, 0.2) is 0 Å². The minimum Gasteiger partial charge on any atom is -0.103 e. The molecule has 0 atom stereocenters. The van der Waals surface area contributed by atoms with Crippen molar-refractivity contribution in [2.24, 2.45) is 0 Å². The van der Waals surface area contributed by atoms with E-state index in [4.69, 9.17) is 0 Å². The van der Waals surface area contributed by atoms with Crippen LogP contribution >= 0.6 is 0 Å². The minimum absolute atomic E-state index is 1.33. The van der Waals surface area contributed by atoms with Crippen LogP contribution in [0.3, 0.4) is 0 Å². The smallest absolute Gasteiger partial charge is 0.0201 e. The summed E-state index contributed by atoms with van der Waals surface area (Å²) in [5, 5.41) is 2.68. The number of hydrogen-bond acceptors (Lipinski definition) is 0. The molecule has 0 aromatic heterocycles. The number of allylic oxidation sites excluding steroid dienone is 1. The lowest BCUT2D eigenvalue weighted by Gasteiger charge is -1.91. The largest absolute Gasteiger partial charge is 0.103 e. The van der Waals surface area contributed by atoms with E-state index in [1.165, 1.54) is 16.0 Å². The lowest BCUT2D eigenvalue weighted by Crippen LogP contribution is -2.24. The normalized spacial score (nSPS) is 8.56. The van der Waals surface area contributed by atoms with Crippen LogP contribution in [-0.2, 0) is 0 Å². The van der Waals surface area contributed by atoms with E-state index in [0.717, 1.165) is 0 Å². The average Bonchev–Trinajstić information content (AvgIpc) is 2.44. The summed E-state index contributed by atoms with van der Waals surface area (Å²) in [4.78, 5) is 0. The van der Waals surface area contributed by atoms with Crippen LogP contribution in [0.4, 0.5) is 0 Å². The molecule has 0 saturated carbocycles. The Morgan fingerprint density at radius 3 is 1.61 bits per heavy atom. The Balaban J connectivity index is -0.000000274. The highest BCUT2D eigenvalue weighted by molar-refractivity contribution is 5.40. The van der Waals surface area contributed by atoms with Gasteiger partial charge in [0.2, 0.25) is 0 Å². The lowest BCUT2D eigenvalue weighted by molar-refractivity contribution is 1.43. The third-order valence-electron chi connectivity index (χ3n) is 1.81. The molecule has 0 aliphatic carbocycles. The van der Waals surface area contributed by atoms with E-state index in [2.05, 4.69) is 57.7 Å². The Bertz CT molecular complexity index is 379. The van der Waals surface area contributed by atoms with Crippen molar-refractivity contribution in [2.75, 3.05) is 0 Å². The van der Waals surface area contributed by atoms with Crippen molar-refractivity contribution >= 4 is 11.6 Å². The molecule has 0 heterocycles. The van der Waals surface area contributed by atoms with Crippen molar-refractivity contribution in [1.29, 1.82) is 0 Å². The fraction of sp³-hybridized carbons (Fsp3) is 0.444. The molecule has 0 fully saturated rings. The van der Waals surface area contributed by atoms with Crippen molar-refractivity contribution in [2.45, 2.75) is 55.4 Å². The maximum atomic E-state index is 3.36. The number of hydrogen-bond donors (Lipinski definition) is 0. The fourth-order valence-electron chi connectivity index (χ4n) is 1.20. The molecule has 18 heavy (non-hydrogen) atoms. The Morgan fingerprint density at radius 2 is 1.33 bits per heavy atom. The van der Waals surface area contributed by atoms with E-state index in [1.54, 1.807) is 6.08 Å². The fourth-order valence-corrected chi connectivity index (χ4v) is 1.20. The maximum Gasteiger partial charge on any atom is -0.0201 e. The van der Waals surface area contributed by atoms with Gasteiger partial charge in [0, 0.05) is 0 Å². The Kier molecular flexibility index (Phi) is 22.0. The molecule has 0 bridgehead atoms. The van der Waals surface area contributed by atoms with Gasteiger partial charge in [-0.25, -0.2) is 0 Å². The number of rotatable bonds is 0. The van der Waals surface area contributed by atoms with Gasteiger partial charge in [0.25, 0.3) is 0 Å². The first-order valence-corrected chi connectivity index (χ1v) is 6.93. The predicted octanol–water partition coefficient (Wildman–Crippen LogP) is 4.92. The highest BCUT2D eigenvalue weighted by Gasteiger charge is 1.83. The molecule has 1 aromatic carbocycles. The Morgan fingerprint density at radius 1 is 0.944 bits per heavy atom. The van der Waals surface area contributed by atoms with Crippen LogP contribution in [0.25, 0.3) is 11.6 Å². The van der Waals surface area contributed by atoms with E-state index in [1.807, 2.05) is 34.6 Å². The molecule has 1 aromatic rings. The quantitative estimate of drug-likeness (QED) is 0.572. The topological polar surface area (TPSA) is 0 Å². The third kappa shape index (κ3) is 11.2. The van der Waals surface area contributed by atoms with Gasteiger partial charge in [-0.1, -0.05) is 69.7 Å². The van der Waals surface area contributed by atoms with Crippen molar-refractivity contribution in [3.8, 4) is 0 Å². The summed E-state index contributed by atoms with van der Waals surface area (Å²) in [5.41, 5.74) is 1.37. The maximum absolute atomic E-state index is 3.36. The molecule has 0 N–H and O–H groups in total. The molecule has 104 valence electrons. The van der Waals surface area contributed by atoms with Crippen LogP contribution in [0.5, 0.6) is 0 Å². The van der Waals surface area contributed by atoms with Gasteiger partial charge in [0.05, 0.1) is 0 Å². The standard InChI is InChI=1S/C11H14.C3H6.2C2H6/c1-4-10-7-5-6-8-11(10)9(2)3;1-3-2;2*1-2/h4-8H,1-3H3;3H,1H2,2H3;2*1-2H3/b10-4-;;;. The molecule has 0 amide bonds. The van der Waals surface area contributed by atoms with Crippen LogP contribution in [0.1, 0.15) is 55.4 Å². The van der Waals surface area contributed by atoms with Crippen molar-refractivity contribution in [3.05, 3.63) is 47.4 Å². The highest BCUT2D eigenvalue weighted by atomic mass is 13.9. The highest BCUT2D eigenvalue weighted by Crippen LogP contribution is 1.82. The second kappa shape index (κ2) is 18.1. The van der Waals surface area contributed by atoms with Gasteiger partial charge in [0.1, 0.15) is 0 Å². The second-order valence-corrected chi connectivity index (χ2v) is 3.28. The summed E-state index contributed by atoms with van der Waals surface area (Å²) >= 11 is 0. The van der Waals surface area contributed by atoms with Crippen molar-refractivity contribution < 1.29 is 0 Å². The SMILES string of the molecule is C/C=c1/ccccc1=C(C)C.C=CC.CC.CC. The zero-order valence-corrected chi connectivity index (χ0v) is 13.7. The van der Waals surface area contributed by atoms with Crippen LogP contribution < -0.4 is 10.4 Å². The molecular formula is C18H32. The van der Waals surface area contributed by atoms with Gasteiger partial charge < -0.3 is 0 Å². The Labute approximate surface area is 115 Å². The van der Waals surface area contributed by atoms with Crippen LogP contribution in [-0.4, -0.2) is 0 Å². The van der Waals surface area contributed by atoms with Crippen LogP contribution in [0.2, 0.25) is 0 Å². The summed E-state index contributed by atoms with van der Waals surface area (Å²) in [5.74, 6) is 0. The molecule has 0 unspecified atom stereocenters. The zero-order chi connectivity index (χ0) is 15.0. The zero-order valence-electron chi connectivity index (χ0n) is 13.7. The average molecular weight is 248 g/mol. The second-order valence-electron chi connectivity index (χ2n) is 3.28. The molecular weight excluding hydrogens is 216 g/mol. The molecule has 0 aliphatic rings. The summed E-state index contributed by atoms with van der Waals surface area (Å²) in [6.45, 7) is 19.6. The van der Waals surface area contributed by atoms with E-state index >= 15 is 0 Å². The first-order valence-electron chi connectivity index (χ1n) is 6.93. The molecule has 0 nitrogen and oxygen atoms in total. The van der Waals surface area contributed by atoms with Gasteiger partial charge >= 0.3 is 0 Å². The van der Waals surface area contributed by atoms with Crippen LogP contribution in [0.15, 0.2) is 36.9 Å². The molecule has 1 rings (SSSR count). The molecule has 0 saturated heterocycles. The first kappa shape index (κ1) is 21.9. The predicted molar refractivity (Wildman–Crippen MR) is 89.2 cm³/mol. The summed E-state index contributed by atoms with van der Waals surface area (Å²) < 4.78 is 0. The first-order chi connectivity index (χ1) is 8.67. The van der Waals surface area contributed by atoms with E-state index in [0.29, 0.717) is 0 Å².